The maximum Gasteiger partial charge on any atom is 0.271 e. The quantitative estimate of drug-likeness (QED) is 0.128. The first-order chi connectivity index (χ1) is 26.2. The number of rotatable bonds is 8. The Morgan fingerprint density at radius 3 is 1.75 bits per heavy atom. The average Bonchev–Trinajstić information content (AvgIpc) is 3.62. The summed E-state index contributed by atoms with van der Waals surface area (Å²) in [6.07, 6.45) is 3.75. The van der Waals surface area contributed by atoms with Crippen LogP contribution < -0.4 is 9.47 Å². The van der Waals surface area contributed by atoms with E-state index in [9.17, 15) is 5.11 Å². The van der Waals surface area contributed by atoms with Crippen molar-refractivity contribution in [3.05, 3.63) is 207 Å². The molecule has 0 spiro atoms. The molecule has 5 nitrogen and oxygen atoms in total. The summed E-state index contributed by atoms with van der Waals surface area (Å²) in [5.74, 6) is 1.72. The molecule has 0 saturated carbocycles. The number of nitrogens with zero attached hydrogens (tertiary/aromatic N) is 4. The van der Waals surface area contributed by atoms with Crippen LogP contribution in [0.15, 0.2) is 200 Å². The number of hydrogen-bond acceptors (Lipinski definition) is 3. The minimum absolute atomic E-state index is 0.239. The van der Waals surface area contributed by atoms with Gasteiger partial charge in [-0.2, -0.15) is 0 Å². The van der Waals surface area contributed by atoms with Crippen LogP contribution in [0.4, 0.5) is 17.2 Å². The number of imidazole rings is 1. The zero-order chi connectivity index (χ0) is 35.6. The predicted octanol–water partition coefficient (Wildman–Crippen LogP) is 11.3. The van der Waals surface area contributed by atoms with Gasteiger partial charge in [0.2, 0.25) is 0 Å². The maximum atomic E-state index is 10.7. The van der Waals surface area contributed by atoms with Gasteiger partial charge >= 0.3 is 0 Å². The van der Waals surface area contributed by atoms with Crippen LogP contribution in [0.2, 0.25) is 0 Å². The molecule has 0 bridgehead atoms. The lowest BCUT2D eigenvalue weighted by atomic mass is 9.95. The summed E-state index contributed by atoms with van der Waals surface area (Å²) >= 11 is 0. The largest absolute Gasteiger partial charge is 0.507 e. The third-order valence-electron chi connectivity index (χ3n) is 9.50. The minimum atomic E-state index is 0.239. The summed E-state index contributed by atoms with van der Waals surface area (Å²) in [6, 6.07) is 67.9. The van der Waals surface area contributed by atoms with Crippen molar-refractivity contribution in [2.75, 3.05) is 4.90 Å². The molecule has 0 aliphatic rings. The second-order valence-corrected chi connectivity index (χ2v) is 12.8. The van der Waals surface area contributed by atoms with E-state index in [-0.39, 0.29) is 5.75 Å². The van der Waals surface area contributed by atoms with Gasteiger partial charge in [-0.1, -0.05) is 158 Å². The van der Waals surface area contributed by atoms with Gasteiger partial charge in [0.05, 0.1) is 16.7 Å². The molecular weight excluding hydrogens is 649 g/mol. The molecule has 9 aromatic rings. The fourth-order valence-electron chi connectivity index (χ4n) is 7.06. The highest BCUT2D eigenvalue weighted by Crippen LogP contribution is 2.38. The first-order valence-electron chi connectivity index (χ1n) is 17.6. The summed E-state index contributed by atoms with van der Waals surface area (Å²) in [5.41, 5.74) is 11.1. The van der Waals surface area contributed by atoms with Crippen LogP contribution in [-0.2, 0) is 0 Å². The Hall–Kier alpha value is -7.24. The second kappa shape index (κ2) is 13.8. The van der Waals surface area contributed by atoms with E-state index in [1.165, 1.54) is 0 Å². The molecule has 0 radical (unpaired) electrons. The number of aromatic nitrogens is 3. The van der Waals surface area contributed by atoms with E-state index in [1.807, 2.05) is 66.7 Å². The topological polar surface area (TPSA) is 45.2 Å². The molecule has 0 unspecified atom stereocenters. The molecule has 7 aromatic carbocycles. The number of fused-ring (bicyclic) bond motifs is 1. The number of anilines is 3. The van der Waals surface area contributed by atoms with Gasteiger partial charge in [0.25, 0.3) is 6.33 Å². The van der Waals surface area contributed by atoms with Gasteiger partial charge in [-0.05, 0) is 70.3 Å². The molecule has 5 heteroatoms. The van der Waals surface area contributed by atoms with Crippen molar-refractivity contribution in [3.63, 3.8) is 0 Å². The lowest BCUT2D eigenvalue weighted by Crippen LogP contribution is -2.31. The SMILES string of the molecule is Oc1ccccc1-c1cccc(N(c2ccccc2)c2cccc(-n3[c-][n+](-c4c(-c5ccccc5)cccc4-c4ccccc4)c4ccccc43)n2)c1. The van der Waals surface area contributed by atoms with Crippen molar-refractivity contribution in [1.82, 2.24) is 9.55 Å². The van der Waals surface area contributed by atoms with E-state index in [2.05, 4.69) is 148 Å². The molecule has 0 saturated heterocycles. The molecule has 0 atom stereocenters. The Balaban J connectivity index is 1.23. The lowest BCUT2D eigenvalue weighted by molar-refractivity contribution is -0.571. The second-order valence-electron chi connectivity index (χ2n) is 12.8. The number of para-hydroxylation sites is 5. The van der Waals surface area contributed by atoms with Crippen molar-refractivity contribution < 1.29 is 9.67 Å². The highest BCUT2D eigenvalue weighted by atomic mass is 16.3. The molecule has 9 rings (SSSR count). The van der Waals surface area contributed by atoms with Crippen LogP contribution in [0.3, 0.4) is 0 Å². The van der Waals surface area contributed by atoms with E-state index in [0.717, 1.165) is 73.1 Å². The number of phenolic OH excluding ortho intramolecular Hbond substituents is 1. The first-order valence-corrected chi connectivity index (χ1v) is 17.6. The van der Waals surface area contributed by atoms with Crippen LogP contribution in [0.5, 0.6) is 5.75 Å². The van der Waals surface area contributed by atoms with Crippen LogP contribution in [0, 0.1) is 6.33 Å². The molecule has 0 aliphatic heterocycles. The van der Waals surface area contributed by atoms with Crippen molar-refractivity contribution in [1.29, 1.82) is 0 Å². The summed E-state index contributed by atoms with van der Waals surface area (Å²) in [7, 11) is 0. The third-order valence-corrected chi connectivity index (χ3v) is 9.50. The maximum absolute atomic E-state index is 10.7. The molecule has 252 valence electrons. The predicted molar refractivity (Wildman–Crippen MR) is 214 cm³/mol. The van der Waals surface area contributed by atoms with Gasteiger partial charge < -0.3 is 5.11 Å². The number of aromatic hydroxyl groups is 1. The monoisotopic (exact) mass is 682 g/mol. The van der Waals surface area contributed by atoms with Crippen molar-refractivity contribution >= 4 is 28.2 Å². The molecule has 2 aromatic heterocycles. The van der Waals surface area contributed by atoms with Crippen molar-refractivity contribution in [3.8, 4) is 50.6 Å². The number of phenols is 1. The minimum Gasteiger partial charge on any atom is -0.507 e. The summed E-state index contributed by atoms with van der Waals surface area (Å²) < 4.78 is 4.23. The molecular formula is C48H34N4O. The molecule has 2 heterocycles. The fraction of sp³-hybridized carbons (Fsp3) is 0. The third kappa shape index (κ3) is 6.00. The molecule has 0 amide bonds. The summed E-state index contributed by atoms with van der Waals surface area (Å²) in [4.78, 5) is 7.47. The Bertz CT molecular complexity index is 2630. The van der Waals surface area contributed by atoms with Crippen LogP contribution in [0.25, 0.3) is 55.9 Å². The zero-order valence-electron chi connectivity index (χ0n) is 28.8. The average molecular weight is 683 g/mol. The van der Waals surface area contributed by atoms with E-state index < -0.39 is 0 Å². The van der Waals surface area contributed by atoms with Crippen molar-refractivity contribution in [2.45, 2.75) is 0 Å². The van der Waals surface area contributed by atoms with E-state index in [4.69, 9.17) is 4.98 Å². The highest BCUT2D eigenvalue weighted by Gasteiger charge is 2.21. The molecule has 0 fully saturated rings. The Labute approximate surface area is 308 Å². The summed E-state index contributed by atoms with van der Waals surface area (Å²) in [6.45, 7) is 0. The summed E-state index contributed by atoms with van der Waals surface area (Å²) in [5, 5.41) is 10.7. The fourth-order valence-corrected chi connectivity index (χ4v) is 7.06. The standard InChI is InChI=1S/C48H34N4O/c53-45-30-13-10-25-40(45)37-21-14-24-39(33-37)52(38-22-8-3-9-23-38)47-32-16-31-46(49-47)50-34-51(44-29-12-11-28-43(44)50)48-41(35-17-4-1-5-18-35)26-15-27-42(48)36-19-6-2-7-20-36/h1-33,53H. The first kappa shape index (κ1) is 31.7. The Morgan fingerprint density at radius 2 is 1.04 bits per heavy atom. The van der Waals surface area contributed by atoms with Gasteiger partial charge in [-0.3, -0.25) is 14.0 Å². The van der Waals surface area contributed by atoms with Gasteiger partial charge in [-0.25, -0.2) is 4.98 Å². The van der Waals surface area contributed by atoms with Gasteiger partial charge in [0.15, 0.2) is 5.82 Å². The van der Waals surface area contributed by atoms with E-state index in [1.54, 1.807) is 6.07 Å². The number of hydrogen-bond donors (Lipinski definition) is 1. The van der Waals surface area contributed by atoms with Gasteiger partial charge in [-0.15, -0.1) is 0 Å². The van der Waals surface area contributed by atoms with E-state index in [0.29, 0.717) is 0 Å². The van der Waals surface area contributed by atoms with Crippen LogP contribution in [-0.4, -0.2) is 14.7 Å². The highest BCUT2D eigenvalue weighted by molar-refractivity contribution is 5.85. The normalized spacial score (nSPS) is 11.1. The molecule has 0 aliphatic carbocycles. The van der Waals surface area contributed by atoms with Crippen LogP contribution in [0.1, 0.15) is 0 Å². The lowest BCUT2D eigenvalue weighted by Gasteiger charge is -2.25. The number of pyridine rings is 1. The molecule has 1 N–H and O–H groups in total. The smallest absolute Gasteiger partial charge is 0.271 e. The van der Waals surface area contributed by atoms with Crippen LogP contribution >= 0.6 is 0 Å². The Kier molecular flexibility index (Phi) is 8.27. The Morgan fingerprint density at radius 1 is 0.491 bits per heavy atom. The van der Waals surface area contributed by atoms with Gasteiger partial charge in [0.1, 0.15) is 11.6 Å². The van der Waals surface area contributed by atoms with E-state index >= 15 is 0 Å². The molecule has 53 heavy (non-hydrogen) atoms. The van der Waals surface area contributed by atoms with Crippen molar-refractivity contribution in [2.24, 2.45) is 0 Å². The number of benzene rings is 7. The zero-order valence-corrected chi connectivity index (χ0v) is 28.8. The van der Waals surface area contributed by atoms with Gasteiger partial charge in [0, 0.05) is 16.9 Å².